The highest BCUT2D eigenvalue weighted by atomic mass is 16.5. The molecule has 0 fully saturated rings. The van der Waals surface area contributed by atoms with E-state index in [1.54, 1.807) is 19.0 Å². The van der Waals surface area contributed by atoms with E-state index in [2.05, 4.69) is 4.74 Å². The van der Waals surface area contributed by atoms with E-state index in [1.165, 1.54) is 18.2 Å². The van der Waals surface area contributed by atoms with Gasteiger partial charge in [0.15, 0.2) is 0 Å². The summed E-state index contributed by atoms with van der Waals surface area (Å²) in [6.45, 7) is 0. The van der Waals surface area contributed by atoms with Crippen LogP contribution in [-0.4, -0.2) is 38.0 Å². The molecule has 0 saturated heterocycles. The number of nitrogens with two attached hydrogens (primary N) is 2. The van der Waals surface area contributed by atoms with Crippen LogP contribution in [0.3, 0.4) is 0 Å². The van der Waals surface area contributed by atoms with Crippen molar-refractivity contribution in [3.05, 3.63) is 59.7 Å². The minimum atomic E-state index is -0.152. The van der Waals surface area contributed by atoms with Gasteiger partial charge in [-0.05, 0) is 61.1 Å². The Morgan fingerprint density at radius 1 is 0.793 bits per heavy atom. The van der Waals surface area contributed by atoms with Crippen molar-refractivity contribution in [3.63, 3.8) is 0 Å². The van der Waals surface area contributed by atoms with Gasteiger partial charge in [-0.2, -0.15) is 0 Å². The van der Waals surface area contributed by atoms with Crippen LogP contribution in [0.15, 0.2) is 48.5 Å². The number of aryl methyl sites for hydroxylation is 2. The van der Waals surface area contributed by atoms with Crippen LogP contribution >= 0.6 is 0 Å². The van der Waals surface area contributed by atoms with Crippen molar-refractivity contribution in [1.29, 1.82) is 0 Å². The largest absolute Gasteiger partial charge is 0.469 e. The zero-order valence-electron chi connectivity index (χ0n) is 17.7. The topological polar surface area (TPSA) is 98.6 Å². The summed E-state index contributed by atoms with van der Waals surface area (Å²) in [5.74, 6) is 0.0332. The molecule has 0 radical (unpaired) electrons. The van der Waals surface area contributed by atoms with Gasteiger partial charge in [-0.25, -0.2) is 0 Å². The first-order valence-electron chi connectivity index (χ1n) is 9.77. The van der Waals surface area contributed by atoms with Crippen LogP contribution < -0.4 is 11.5 Å². The second kappa shape index (κ2) is 13.2. The Kier molecular flexibility index (Phi) is 10.9. The molecule has 0 aromatic heterocycles. The molecule has 0 aliphatic carbocycles. The molecule has 2 aromatic carbocycles. The third-order valence-electron chi connectivity index (χ3n) is 4.39. The average Bonchev–Trinajstić information content (AvgIpc) is 2.71. The van der Waals surface area contributed by atoms with E-state index in [0.29, 0.717) is 12.8 Å². The molecule has 0 saturated carbocycles. The van der Waals surface area contributed by atoms with Gasteiger partial charge < -0.3 is 21.1 Å². The number of nitrogens with zero attached hydrogens (tertiary/aromatic N) is 1. The van der Waals surface area contributed by atoms with Crippen molar-refractivity contribution in [2.75, 3.05) is 32.7 Å². The number of carbonyl (C=O) groups excluding carboxylic acids is 2. The fourth-order valence-corrected chi connectivity index (χ4v) is 2.57. The molecule has 0 aliphatic heterocycles. The first-order chi connectivity index (χ1) is 13.8. The van der Waals surface area contributed by atoms with Crippen molar-refractivity contribution in [2.24, 2.45) is 0 Å². The van der Waals surface area contributed by atoms with Gasteiger partial charge in [-0.3, -0.25) is 9.59 Å². The lowest BCUT2D eigenvalue weighted by atomic mass is 10.1. The van der Waals surface area contributed by atoms with Crippen LogP contribution in [0.1, 0.15) is 36.8 Å². The molecular formula is C23H33N3O3. The van der Waals surface area contributed by atoms with Crippen LogP contribution in [0.25, 0.3) is 0 Å². The molecule has 0 atom stereocenters. The van der Waals surface area contributed by atoms with Gasteiger partial charge in [0.25, 0.3) is 0 Å². The number of amides is 1. The minimum Gasteiger partial charge on any atom is -0.469 e. The van der Waals surface area contributed by atoms with Gasteiger partial charge >= 0.3 is 5.97 Å². The van der Waals surface area contributed by atoms with E-state index in [1.807, 2.05) is 48.5 Å². The number of carbonyl (C=O) groups is 2. The predicted molar refractivity (Wildman–Crippen MR) is 118 cm³/mol. The van der Waals surface area contributed by atoms with Crippen molar-refractivity contribution in [2.45, 2.75) is 38.5 Å². The third kappa shape index (κ3) is 10.8. The third-order valence-corrected chi connectivity index (χ3v) is 4.39. The number of benzene rings is 2. The number of ether oxygens (including phenoxy) is 1. The lowest BCUT2D eigenvalue weighted by molar-refractivity contribution is -0.140. The van der Waals surface area contributed by atoms with Crippen molar-refractivity contribution >= 4 is 23.3 Å². The molecule has 2 rings (SSSR count). The van der Waals surface area contributed by atoms with E-state index in [-0.39, 0.29) is 11.9 Å². The van der Waals surface area contributed by atoms with Gasteiger partial charge in [0.05, 0.1) is 7.11 Å². The summed E-state index contributed by atoms with van der Waals surface area (Å²) in [5.41, 5.74) is 15.1. The second-order valence-electron chi connectivity index (χ2n) is 7.05. The van der Waals surface area contributed by atoms with Gasteiger partial charge in [-0.15, -0.1) is 0 Å². The Bertz CT molecular complexity index is 741. The number of esters is 1. The van der Waals surface area contributed by atoms with Crippen LogP contribution in [0.5, 0.6) is 0 Å². The smallest absolute Gasteiger partial charge is 0.305 e. The molecule has 29 heavy (non-hydrogen) atoms. The summed E-state index contributed by atoms with van der Waals surface area (Å²) >= 11 is 0. The van der Waals surface area contributed by atoms with E-state index < -0.39 is 0 Å². The van der Waals surface area contributed by atoms with Crippen molar-refractivity contribution in [1.82, 2.24) is 4.90 Å². The zero-order chi connectivity index (χ0) is 21.6. The van der Waals surface area contributed by atoms with Crippen molar-refractivity contribution in [3.8, 4) is 0 Å². The maximum atomic E-state index is 11.3. The highest BCUT2D eigenvalue weighted by Crippen LogP contribution is 2.10. The Hall–Kier alpha value is -3.02. The quantitative estimate of drug-likeness (QED) is 0.523. The fraction of sp³-hybridized carbons (Fsp3) is 0.391. The number of nitrogen functional groups attached to an aromatic ring is 2. The molecule has 0 spiro atoms. The normalized spacial score (nSPS) is 9.90. The maximum Gasteiger partial charge on any atom is 0.305 e. The summed E-state index contributed by atoms with van der Waals surface area (Å²) < 4.78 is 4.55. The van der Waals surface area contributed by atoms with E-state index in [9.17, 15) is 9.59 Å². The highest BCUT2D eigenvalue weighted by molar-refractivity contribution is 5.75. The fourth-order valence-electron chi connectivity index (χ4n) is 2.57. The van der Waals surface area contributed by atoms with Crippen LogP contribution in [-0.2, 0) is 27.2 Å². The summed E-state index contributed by atoms with van der Waals surface area (Å²) in [6, 6.07) is 15.5. The number of hydrogen-bond acceptors (Lipinski definition) is 5. The number of rotatable bonds is 8. The first kappa shape index (κ1) is 24.0. The molecule has 4 N–H and O–H groups in total. The predicted octanol–water partition coefficient (Wildman–Crippen LogP) is 3.44. The van der Waals surface area contributed by atoms with Gasteiger partial charge in [-0.1, -0.05) is 24.3 Å². The molecule has 6 heteroatoms. The monoisotopic (exact) mass is 399 g/mol. The molecule has 2 aromatic rings. The highest BCUT2D eigenvalue weighted by Gasteiger charge is 2.03. The Morgan fingerprint density at radius 3 is 1.59 bits per heavy atom. The summed E-state index contributed by atoms with van der Waals surface area (Å²) in [7, 11) is 4.97. The molecule has 0 unspecified atom stereocenters. The lowest BCUT2D eigenvalue weighted by Crippen LogP contribution is -2.21. The summed E-state index contributed by atoms with van der Waals surface area (Å²) in [5, 5.41) is 0. The van der Waals surface area contributed by atoms with Gasteiger partial charge in [0, 0.05) is 38.3 Å². The number of hydrogen-bond donors (Lipinski definition) is 2. The van der Waals surface area contributed by atoms with Gasteiger partial charge in [0.2, 0.25) is 5.91 Å². The molecule has 1 amide bonds. The molecule has 0 heterocycles. The van der Waals surface area contributed by atoms with E-state index in [0.717, 1.165) is 37.1 Å². The molecular weight excluding hydrogens is 366 g/mol. The minimum absolute atomic E-state index is 0.152. The maximum absolute atomic E-state index is 11.3. The summed E-state index contributed by atoms with van der Waals surface area (Å²) in [4.78, 5) is 23.7. The van der Waals surface area contributed by atoms with Crippen LogP contribution in [0.2, 0.25) is 0 Å². The SMILES string of the molecule is CN(C)C(=O)CCCc1ccc(N)cc1.COC(=O)CCCc1ccc(N)cc1. The Balaban J connectivity index is 0.000000291. The summed E-state index contributed by atoms with van der Waals surface area (Å²) in [6.07, 6.45) is 4.60. The number of anilines is 2. The molecule has 0 bridgehead atoms. The Morgan fingerprint density at radius 2 is 1.21 bits per heavy atom. The number of methoxy groups -OCH3 is 1. The van der Waals surface area contributed by atoms with E-state index in [4.69, 9.17) is 11.5 Å². The lowest BCUT2D eigenvalue weighted by Gasteiger charge is -2.09. The molecule has 6 nitrogen and oxygen atoms in total. The zero-order valence-corrected chi connectivity index (χ0v) is 17.7. The first-order valence-corrected chi connectivity index (χ1v) is 9.77. The van der Waals surface area contributed by atoms with Crippen LogP contribution in [0, 0.1) is 0 Å². The van der Waals surface area contributed by atoms with Gasteiger partial charge in [0.1, 0.15) is 0 Å². The standard InChI is InChI=1S/C12H18N2O.C11H15NO2/c1-14(2)12(15)5-3-4-10-6-8-11(13)9-7-10;1-14-11(13)4-2-3-9-5-7-10(12)8-6-9/h6-9H,3-5,13H2,1-2H3;5-8H,2-4,12H2,1H3. The Labute approximate surface area is 173 Å². The van der Waals surface area contributed by atoms with Crippen LogP contribution in [0.4, 0.5) is 11.4 Å². The average molecular weight is 400 g/mol. The van der Waals surface area contributed by atoms with Crippen molar-refractivity contribution < 1.29 is 14.3 Å². The van der Waals surface area contributed by atoms with E-state index >= 15 is 0 Å². The second-order valence-corrected chi connectivity index (χ2v) is 7.05. The molecule has 158 valence electrons. The molecule has 0 aliphatic rings.